The molecule has 2 aromatic rings. The van der Waals surface area contributed by atoms with Gasteiger partial charge in [-0.1, -0.05) is 48.5 Å². The second kappa shape index (κ2) is 5.47. The van der Waals surface area contributed by atoms with Gasteiger partial charge in [-0.3, -0.25) is 4.90 Å². The normalized spacial score (nSPS) is 17.1. The maximum Gasteiger partial charge on any atom is 0.180 e. The SMILES string of the molecule is CS(=O)(=O)CC1c2cccc(-c3ccccc3)c2CN1C#N. The lowest BCUT2D eigenvalue weighted by molar-refractivity contribution is 0.343. The zero-order valence-electron chi connectivity index (χ0n) is 12.2. The number of fused-ring (bicyclic) bond motifs is 1. The van der Waals surface area contributed by atoms with Crippen LogP contribution in [0.3, 0.4) is 0 Å². The molecule has 0 amide bonds. The van der Waals surface area contributed by atoms with Crippen molar-refractivity contribution in [3.63, 3.8) is 0 Å². The average molecular weight is 312 g/mol. The van der Waals surface area contributed by atoms with Gasteiger partial charge >= 0.3 is 0 Å². The van der Waals surface area contributed by atoms with Gasteiger partial charge in [0, 0.05) is 6.26 Å². The van der Waals surface area contributed by atoms with Crippen molar-refractivity contribution in [1.29, 1.82) is 5.26 Å². The van der Waals surface area contributed by atoms with Gasteiger partial charge in [0.25, 0.3) is 0 Å². The third-order valence-electron chi connectivity index (χ3n) is 3.95. The van der Waals surface area contributed by atoms with E-state index in [1.54, 1.807) is 4.90 Å². The van der Waals surface area contributed by atoms with Crippen molar-refractivity contribution in [3.05, 3.63) is 59.7 Å². The first-order chi connectivity index (χ1) is 10.5. The lowest BCUT2D eigenvalue weighted by Crippen LogP contribution is -2.23. The van der Waals surface area contributed by atoms with Gasteiger partial charge in [-0.05, 0) is 22.3 Å². The second-order valence-electron chi connectivity index (χ2n) is 5.58. The number of rotatable bonds is 3. The molecule has 0 aliphatic carbocycles. The fourth-order valence-corrected chi connectivity index (χ4v) is 3.93. The Labute approximate surface area is 130 Å². The van der Waals surface area contributed by atoms with E-state index in [1.165, 1.54) is 6.26 Å². The van der Waals surface area contributed by atoms with Crippen molar-refractivity contribution < 1.29 is 8.42 Å². The molecule has 0 aromatic heterocycles. The Morgan fingerprint density at radius 2 is 1.91 bits per heavy atom. The summed E-state index contributed by atoms with van der Waals surface area (Å²) in [6.07, 6.45) is 3.34. The number of benzene rings is 2. The lowest BCUT2D eigenvalue weighted by atomic mass is 9.95. The largest absolute Gasteiger partial charge is 0.298 e. The minimum Gasteiger partial charge on any atom is -0.298 e. The van der Waals surface area contributed by atoms with E-state index in [-0.39, 0.29) is 5.75 Å². The molecule has 0 bridgehead atoms. The number of nitrogens with zero attached hydrogens (tertiary/aromatic N) is 2. The number of nitriles is 1. The summed E-state index contributed by atoms with van der Waals surface area (Å²) in [5.74, 6) is -0.0359. The predicted molar refractivity (Wildman–Crippen MR) is 85.5 cm³/mol. The molecular formula is C17H16N2O2S. The van der Waals surface area contributed by atoms with E-state index in [9.17, 15) is 13.7 Å². The van der Waals surface area contributed by atoms with Crippen molar-refractivity contribution in [3.8, 4) is 17.3 Å². The number of hydrogen-bond donors (Lipinski definition) is 0. The summed E-state index contributed by atoms with van der Waals surface area (Å²) < 4.78 is 23.4. The van der Waals surface area contributed by atoms with Crippen LogP contribution in [0.4, 0.5) is 0 Å². The third-order valence-corrected chi connectivity index (χ3v) is 4.87. The van der Waals surface area contributed by atoms with E-state index in [2.05, 4.69) is 6.19 Å². The van der Waals surface area contributed by atoms with E-state index in [1.807, 2.05) is 48.5 Å². The first-order valence-electron chi connectivity index (χ1n) is 7.01. The van der Waals surface area contributed by atoms with E-state index >= 15 is 0 Å². The minimum absolute atomic E-state index is 0.0359. The quantitative estimate of drug-likeness (QED) is 0.818. The Morgan fingerprint density at radius 3 is 2.55 bits per heavy atom. The maximum absolute atomic E-state index is 11.7. The molecule has 0 fully saturated rings. The van der Waals surface area contributed by atoms with Crippen LogP contribution in [-0.4, -0.2) is 25.3 Å². The summed E-state index contributed by atoms with van der Waals surface area (Å²) in [5.41, 5.74) is 4.13. The van der Waals surface area contributed by atoms with E-state index < -0.39 is 15.9 Å². The van der Waals surface area contributed by atoms with Crippen LogP contribution in [-0.2, 0) is 16.4 Å². The van der Waals surface area contributed by atoms with Gasteiger partial charge in [-0.15, -0.1) is 0 Å². The Morgan fingerprint density at radius 1 is 1.18 bits per heavy atom. The summed E-state index contributed by atoms with van der Waals surface area (Å²) >= 11 is 0. The lowest BCUT2D eigenvalue weighted by Gasteiger charge is -2.17. The van der Waals surface area contributed by atoms with Crippen molar-refractivity contribution in [2.45, 2.75) is 12.6 Å². The molecule has 0 N–H and O–H groups in total. The third kappa shape index (κ3) is 2.70. The van der Waals surface area contributed by atoms with Gasteiger partial charge < -0.3 is 0 Å². The summed E-state index contributed by atoms with van der Waals surface area (Å²) in [4.78, 5) is 1.55. The van der Waals surface area contributed by atoms with Gasteiger partial charge in [0.05, 0.1) is 18.3 Å². The van der Waals surface area contributed by atoms with Crippen LogP contribution >= 0.6 is 0 Å². The first kappa shape index (κ1) is 14.6. The Hall–Kier alpha value is -2.32. The van der Waals surface area contributed by atoms with Crippen molar-refractivity contribution >= 4 is 9.84 Å². The van der Waals surface area contributed by atoms with Gasteiger partial charge in [-0.2, -0.15) is 5.26 Å². The zero-order valence-corrected chi connectivity index (χ0v) is 13.0. The topological polar surface area (TPSA) is 61.2 Å². The zero-order chi connectivity index (χ0) is 15.7. The first-order valence-corrected chi connectivity index (χ1v) is 9.07. The predicted octanol–water partition coefficient (Wildman–Crippen LogP) is 2.74. The van der Waals surface area contributed by atoms with Crippen LogP contribution in [0.5, 0.6) is 0 Å². The van der Waals surface area contributed by atoms with Crippen LogP contribution in [0, 0.1) is 11.5 Å². The molecule has 0 saturated heterocycles. The van der Waals surface area contributed by atoms with Gasteiger partial charge in [0.15, 0.2) is 6.19 Å². The van der Waals surface area contributed by atoms with Gasteiger partial charge in [0.1, 0.15) is 9.84 Å². The van der Waals surface area contributed by atoms with Crippen molar-refractivity contribution in [2.24, 2.45) is 0 Å². The van der Waals surface area contributed by atoms with Gasteiger partial charge in [0.2, 0.25) is 0 Å². The Kier molecular flexibility index (Phi) is 3.63. The highest BCUT2D eigenvalue weighted by Crippen LogP contribution is 2.39. The fraction of sp³-hybridized carbons (Fsp3) is 0.235. The molecule has 1 aliphatic rings. The molecule has 1 aliphatic heterocycles. The highest BCUT2D eigenvalue weighted by Gasteiger charge is 2.33. The summed E-state index contributed by atoms with van der Waals surface area (Å²) in [6.45, 7) is 0.455. The molecule has 0 spiro atoms. The van der Waals surface area contributed by atoms with Crippen molar-refractivity contribution in [1.82, 2.24) is 4.90 Å². The Bertz CT molecular complexity index is 839. The molecule has 3 rings (SSSR count). The Balaban J connectivity index is 2.10. The van der Waals surface area contributed by atoms with Crippen LogP contribution in [0.1, 0.15) is 17.2 Å². The maximum atomic E-state index is 11.7. The highest BCUT2D eigenvalue weighted by molar-refractivity contribution is 7.90. The summed E-state index contributed by atoms with van der Waals surface area (Å²) in [5, 5.41) is 9.35. The minimum atomic E-state index is -3.16. The fourth-order valence-electron chi connectivity index (χ4n) is 3.00. The smallest absolute Gasteiger partial charge is 0.180 e. The number of hydrogen-bond acceptors (Lipinski definition) is 4. The van der Waals surface area contributed by atoms with E-state index in [0.29, 0.717) is 6.54 Å². The van der Waals surface area contributed by atoms with Crippen LogP contribution in [0.25, 0.3) is 11.1 Å². The summed E-state index contributed by atoms with van der Waals surface area (Å²) in [7, 11) is -3.16. The summed E-state index contributed by atoms with van der Waals surface area (Å²) in [6, 6.07) is 15.4. The standard InChI is InChI=1S/C17H16N2O2S/c1-22(20,21)11-17-15-9-5-8-14(13-6-3-2-4-7-13)16(15)10-19(17)12-18/h2-9,17H,10-11H2,1H3. The number of sulfone groups is 1. The second-order valence-corrected chi connectivity index (χ2v) is 7.76. The molecule has 5 heteroatoms. The monoisotopic (exact) mass is 312 g/mol. The molecule has 1 atom stereocenters. The molecule has 0 radical (unpaired) electrons. The molecular weight excluding hydrogens is 296 g/mol. The van der Waals surface area contributed by atoms with E-state index in [0.717, 1.165) is 22.3 Å². The highest BCUT2D eigenvalue weighted by atomic mass is 32.2. The van der Waals surface area contributed by atoms with Crippen molar-refractivity contribution in [2.75, 3.05) is 12.0 Å². The molecule has 112 valence electrons. The average Bonchev–Trinajstić information content (AvgIpc) is 2.84. The molecule has 4 nitrogen and oxygen atoms in total. The molecule has 2 aromatic carbocycles. The molecule has 0 saturated carbocycles. The molecule has 1 heterocycles. The molecule has 1 unspecified atom stereocenters. The van der Waals surface area contributed by atoms with Crippen LogP contribution in [0.15, 0.2) is 48.5 Å². The van der Waals surface area contributed by atoms with E-state index in [4.69, 9.17) is 0 Å². The van der Waals surface area contributed by atoms with Crippen LogP contribution in [0.2, 0.25) is 0 Å². The van der Waals surface area contributed by atoms with Crippen LogP contribution < -0.4 is 0 Å². The molecule has 22 heavy (non-hydrogen) atoms. The van der Waals surface area contributed by atoms with Gasteiger partial charge in [-0.25, -0.2) is 8.42 Å².